The molecule has 0 aromatic carbocycles. The molecular formula is C19H21N3O3S2. The molecule has 27 heavy (non-hydrogen) atoms. The standard InChI is InChI=1S/C19H21N3O3S2/c1-3-11-5-6-14-12(7-11)8-15(26-14)18(24)25-10-13-9-17(23)22-19(20-13)27-16(4-2)21-22/h8-9,11H,3-7,10H2,1-2H3. The fourth-order valence-electron chi connectivity index (χ4n) is 3.37. The van der Waals surface area contributed by atoms with Crippen molar-refractivity contribution in [2.24, 2.45) is 5.92 Å². The maximum atomic E-state index is 12.5. The number of rotatable bonds is 5. The van der Waals surface area contributed by atoms with Gasteiger partial charge in [-0.25, -0.2) is 9.78 Å². The third kappa shape index (κ3) is 3.68. The maximum absolute atomic E-state index is 12.5. The number of fused-ring (bicyclic) bond motifs is 2. The summed E-state index contributed by atoms with van der Waals surface area (Å²) in [6, 6.07) is 3.36. The molecule has 4 rings (SSSR count). The molecule has 0 saturated heterocycles. The summed E-state index contributed by atoms with van der Waals surface area (Å²) in [5.74, 6) is 0.371. The largest absolute Gasteiger partial charge is 0.455 e. The highest BCUT2D eigenvalue weighted by atomic mass is 32.1. The predicted octanol–water partition coefficient (Wildman–Crippen LogP) is 3.65. The van der Waals surface area contributed by atoms with Gasteiger partial charge < -0.3 is 4.74 Å². The molecule has 0 radical (unpaired) electrons. The number of esters is 1. The third-order valence-electron chi connectivity index (χ3n) is 4.96. The lowest BCUT2D eigenvalue weighted by atomic mass is 9.87. The van der Waals surface area contributed by atoms with E-state index >= 15 is 0 Å². The molecule has 3 aromatic heterocycles. The van der Waals surface area contributed by atoms with E-state index in [9.17, 15) is 9.59 Å². The van der Waals surface area contributed by atoms with Gasteiger partial charge in [-0.3, -0.25) is 4.79 Å². The average molecular weight is 404 g/mol. The van der Waals surface area contributed by atoms with Crippen LogP contribution in [0.3, 0.4) is 0 Å². The highest BCUT2D eigenvalue weighted by Gasteiger charge is 2.22. The van der Waals surface area contributed by atoms with Crippen LogP contribution in [0.15, 0.2) is 16.9 Å². The zero-order valence-electron chi connectivity index (χ0n) is 15.4. The van der Waals surface area contributed by atoms with Crippen LogP contribution in [-0.2, 0) is 30.6 Å². The molecule has 0 fully saturated rings. The molecule has 0 amide bonds. The number of aryl methyl sites for hydroxylation is 2. The van der Waals surface area contributed by atoms with Crippen molar-refractivity contribution in [3.05, 3.63) is 48.5 Å². The van der Waals surface area contributed by atoms with E-state index < -0.39 is 0 Å². The summed E-state index contributed by atoms with van der Waals surface area (Å²) in [6.45, 7) is 4.19. The number of carbonyl (C=O) groups is 1. The average Bonchev–Trinajstić information content (AvgIpc) is 3.29. The van der Waals surface area contributed by atoms with Crippen LogP contribution in [0.2, 0.25) is 0 Å². The van der Waals surface area contributed by atoms with Crippen LogP contribution in [0.5, 0.6) is 0 Å². The first kappa shape index (κ1) is 18.3. The number of hydrogen-bond donors (Lipinski definition) is 0. The van der Waals surface area contributed by atoms with Crippen LogP contribution in [0, 0.1) is 5.92 Å². The molecule has 142 valence electrons. The first-order valence-electron chi connectivity index (χ1n) is 9.24. The van der Waals surface area contributed by atoms with Gasteiger partial charge in [-0.2, -0.15) is 9.61 Å². The molecule has 1 aliphatic rings. The van der Waals surface area contributed by atoms with E-state index in [-0.39, 0.29) is 18.1 Å². The molecule has 0 spiro atoms. The van der Waals surface area contributed by atoms with E-state index in [4.69, 9.17) is 4.74 Å². The fourth-order valence-corrected chi connectivity index (χ4v) is 5.33. The highest BCUT2D eigenvalue weighted by molar-refractivity contribution is 7.16. The Hall–Kier alpha value is -2.06. The number of aromatic nitrogens is 3. The van der Waals surface area contributed by atoms with Crippen LogP contribution in [0.25, 0.3) is 4.96 Å². The van der Waals surface area contributed by atoms with Gasteiger partial charge in [-0.1, -0.05) is 31.6 Å². The lowest BCUT2D eigenvalue weighted by Gasteiger charge is -2.19. The summed E-state index contributed by atoms with van der Waals surface area (Å²) in [5.41, 5.74) is 1.49. The first-order valence-corrected chi connectivity index (χ1v) is 10.9. The zero-order valence-corrected chi connectivity index (χ0v) is 17.0. The van der Waals surface area contributed by atoms with Crippen molar-refractivity contribution < 1.29 is 9.53 Å². The molecule has 0 N–H and O–H groups in total. The van der Waals surface area contributed by atoms with Gasteiger partial charge in [-0.05, 0) is 43.2 Å². The normalized spacial score (nSPS) is 16.4. The van der Waals surface area contributed by atoms with E-state index in [0.717, 1.165) is 24.3 Å². The summed E-state index contributed by atoms with van der Waals surface area (Å²) in [5, 5.41) is 5.07. The Morgan fingerprint density at radius 2 is 2.19 bits per heavy atom. The highest BCUT2D eigenvalue weighted by Crippen LogP contribution is 2.33. The minimum Gasteiger partial charge on any atom is -0.455 e. The van der Waals surface area contributed by atoms with Gasteiger partial charge in [0.05, 0.1) is 5.69 Å². The molecule has 1 atom stereocenters. The molecule has 3 aromatic rings. The van der Waals surface area contributed by atoms with Crippen molar-refractivity contribution in [1.82, 2.24) is 14.6 Å². The topological polar surface area (TPSA) is 73.6 Å². The van der Waals surface area contributed by atoms with E-state index in [1.165, 1.54) is 56.5 Å². The monoisotopic (exact) mass is 403 g/mol. The van der Waals surface area contributed by atoms with Gasteiger partial charge in [0.25, 0.3) is 5.56 Å². The second kappa shape index (κ2) is 7.52. The van der Waals surface area contributed by atoms with Gasteiger partial charge in [0.15, 0.2) is 0 Å². The smallest absolute Gasteiger partial charge is 0.348 e. The van der Waals surface area contributed by atoms with Gasteiger partial charge in [-0.15, -0.1) is 11.3 Å². The van der Waals surface area contributed by atoms with Gasteiger partial charge in [0.1, 0.15) is 16.5 Å². The summed E-state index contributed by atoms with van der Waals surface area (Å²) in [6.07, 6.45) is 5.22. The molecule has 0 aliphatic heterocycles. The van der Waals surface area contributed by atoms with E-state index in [2.05, 4.69) is 17.0 Å². The van der Waals surface area contributed by atoms with Crippen LogP contribution in [-0.4, -0.2) is 20.6 Å². The molecule has 8 heteroatoms. The Bertz CT molecular complexity index is 1050. The summed E-state index contributed by atoms with van der Waals surface area (Å²) >= 11 is 2.91. The molecule has 1 unspecified atom stereocenters. The van der Waals surface area contributed by atoms with Crippen LogP contribution in [0.1, 0.15) is 57.5 Å². The molecule has 0 saturated carbocycles. The lowest BCUT2D eigenvalue weighted by Crippen LogP contribution is -2.16. The molecular weight excluding hydrogens is 382 g/mol. The second-order valence-corrected chi connectivity index (χ2v) is 8.96. The number of ether oxygens (including phenoxy) is 1. The van der Waals surface area contributed by atoms with Crippen molar-refractivity contribution in [3.63, 3.8) is 0 Å². The Kier molecular flexibility index (Phi) is 5.10. The summed E-state index contributed by atoms with van der Waals surface area (Å²) in [4.78, 5) is 31.5. The van der Waals surface area contributed by atoms with Gasteiger partial charge in [0.2, 0.25) is 4.96 Å². The predicted molar refractivity (Wildman–Crippen MR) is 106 cm³/mol. The molecule has 3 heterocycles. The van der Waals surface area contributed by atoms with Crippen molar-refractivity contribution in [2.45, 2.75) is 52.6 Å². The van der Waals surface area contributed by atoms with Crippen molar-refractivity contribution in [3.8, 4) is 0 Å². The lowest BCUT2D eigenvalue weighted by molar-refractivity contribution is 0.0473. The second-order valence-electron chi connectivity index (χ2n) is 6.78. The Balaban J connectivity index is 1.47. The Labute approximate surface area is 164 Å². The van der Waals surface area contributed by atoms with Crippen LogP contribution < -0.4 is 5.56 Å². The number of thiophene rings is 1. The number of nitrogens with zero attached hydrogens (tertiary/aromatic N) is 3. The maximum Gasteiger partial charge on any atom is 0.348 e. The SMILES string of the molecule is CCc1nn2c(=O)cc(COC(=O)c3cc4c(s3)CCC(CC)C4)nc2s1. The summed E-state index contributed by atoms with van der Waals surface area (Å²) < 4.78 is 6.73. The third-order valence-corrected chi connectivity index (χ3v) is 7.23. The van der Waals surface area contributed by atoms with Crippen LogP contribution in [0.4, 0.5) is 0 Å². The minimum atomic E-state index is -0.344. The minimum absolute atomic E-state index is 0.00984. The van der Waals surface area contributed by atoms with E-state index in [0.29, 0.717) is 21.4 Å². The number of hydrogen-bond acceptors (Lipinski definition) is 7. The van der Waals surface area contributed by atoms with Crippen molar-refractivity contribution in [1.29, 1.82) is 0 Å². The Morgan fingerprint density at radius 3 is 2.96 bits per heavy atom. The molecule has 0 bridgehead atoms. The molecule has 6 nitrogen and oxygen atoms in total. The first-order chi connectivity index (χ1) is 13.1. The van der Waals surface area contributed by atoms with Crippen LogP contribution >= 0.6 is 22.7 Å². The van der Waals surface area contributed by atoms with E-state index in [1.807, 2.05) is 13.0 Å². The van der Waals surface area contributed by atoms with Crippen molar-refractivity contribution >= 4 is 33.6 Å². The summed E-state index contributed by atoms with van der Waals surface area (Å²) in [7, 11) is 0. The Morgan fingerprint density at radius 1 is 1.33 bits per heavy atom. The quantitative estimate of drug-likeness (QED) is 0.608. The molecule has 1 aliphatic carbocycles. The van der Waals surface area contributed by atoms with Gasteiger partial charge >= 0.3 is 5.97 Å². The zero-order chi connectivity index (χ0) is 19.0. The van der Waals surface area contributed by atoms with E-state index in [1.54, 1.807) is 0 Å². The van der Waals surface area contributed by atoms with Gasteiger partial charge in [0, 0.05) is 10.9 Å². The fraction of sp³-hybridized carbons (Fsp3) is 0.474. The number of carbonyl (C=O) groups excluding carboxylic acids is 1. The van der Waals surface area contributed by atoms with Crippen molar-refractivity contribution in [2.75, 3.05) is 0 Å².